The van der Waals surface area contributed by atoms with E-state index in [1.807, 2.05) is 0 Å². The number of aryl methyl sites for hydroxylation is 4. The summed E-state index contributed by atoms with van der Waals surface area (Å²) in [5, 5.41) is 11.2. The van der Waals surface area contributed by atoms with Gasteiger partial charge < -0.3 is 5.11 Å². The van der Waals surface area contributed by atoms with Gasteiger partial charge in [0.2, 0.25) is 0 Å². The Labute approximate surface area is 275 Å². The molecule has 3 aromatic carbocycles. The molecule has 0 unspecified atom stereocenters. The summed E-state index contributed by atoms with van der Waals surface area (Å²) in [6.07, 6.45) is 17.5. The van der Waals surface area contributed by atoms with E-state index in [2.05, 4.69) is 66.7 Å². The molecule has 0 aliphatic heterocycles. The number of aliphatic hydroxyl groups excluding tert-OH is 1. The predicted molar refractivity (Wildman–Crippen MR) is 175 cm³/mol. The zero-order valence-electron chi connectivity index (χ0n) is 25.5. The summed E-state index contributed by atoms with van der Waals surface area (Å²) < 4.78 is 0. The number of benzene rings is 3. The number of ketones is 1. The standard InChI is InChI=1S/C25H18N.C15H24O2.Ir/c1-2-7-22-16(4-1)12-13-23(26-22)21-14-19-10-8-17-5-3-6-18-9-11-20(15-21)25(19)24(17)18;16-14(12-7-3-1-4-8-12)11-15(17)13-9-5-2-6-10-13;/h1-7,12-14H,8-11H2;11-13,16H,1-10H2;/q-1;;/b;14-11-;. The summed E-state index contributed by atoms with van der Waals surface area (Å²) >= 11 is 0. The molecule has 0 saturated heterocycles. The zero-order valence-corrected chi connectivity index (χ0v) is 27.9. The Hall–Kier alpha value is -3.07. The van der Waals surface area contributed by atoms with Crippen LogP contribution in [0.15, 0.2) is 72.5 Å². The summed E-state index contributed by atoms with van der Waals surface area (Å²) in [5.41, 5.74) is 12.1. The maximum Gasteiger partial charge on any atom is 0.162 e. The molecule has 3 nitrogen and oxygen atoms in total. The maximum atomic E-state index is 12.0. The van der Waals surface area contributed by atoms with Crippen molar-refractivity contribution in [3.63, 3.8) is 0 Å². The second-order valence-corrected chi connectivity index (χ2v) is 13.0. The average molecular weight is 761 g/mol. The Morgan fingerprint density at radius 1 is 0.727 bits per heavy atom. The van der Waals surface area contributed by atoms with Gasteiger partial charge in [-0.2, -0.15) is 0 Å². The number of hydrogen-bond acceptors (Lipinski definition) is 3. The normalized spacial score (nSPS) is 18.0. The molecule has 2 fully saturated rings. The SMILES string of the molecule is O=C(/C=C(\O)C1CCCCC1)C1CCCCC1.[Ir].[c-]1c(-c2ccc3ccccc3n2)cc2c3c1CCc1cccc(c1-3)CC2. The molecule has 2 saturated carbocycles. The maximum absolute atomic E-state index is 12.0. The molecule has 1 heterocycles. The predicted octanol–water partition coefficient (Wildman–Crippen LogP) is 9.72. The van der Waals surface area contributed by atoms with Crippen molar-refractivity contribution >= 4 is 16.7 Å². The number of fused-ring (bicyclic) bond motifs is 1. The van der Waals surface area contributed by atoms with Crippen LogP contribution in [0.1, 0.15) is 86.5 Å². The van der Waals surface area contributed by atoms with Gasteiger partial charge in [-0.1, -0.05) is 98.2 Å². The molecule has 1 N–H and O–H groups in total. The summed E-state index contributed by atoms with van der Waals surface area (Å²) in [6, 6.07) is 25.5. The molecule has 0 bridgehead atoms. The van der Waals surface area contributed by atoms with Crippen molar-refractivity contribution in [2.75, 3.05) is 0 Å². The first kappa shape index (κ1) is 30.9. The number of rotatable bonds is 4. The van der Waals surface area contributed by atoms with Gasteiger partial charge in [0, 0.05) is 38.0 Å². The van der Waals surface area contributed by atoms with Crippen LogP contribution in [0.2, 0.25) is 0 Å². The number of nitrogens with zero attached hydrogens (tertiary/aromatic N) is 1. The van der Waals surface area contributed by atoms with Crippen LogP contribution >= 0.6 is 0 Å². The molecular weight excluding hydrogens is 719 g/mol. The number of allylic oxidation sites excluding steroid dienone is 2. The molecule has 0 spiro atoms. The van der Waals surface area contributed by atoms with Crippen LogP contribution in [-0.4, -0.2) is 15.9 Å². The Kier molecular flexibility index (Phi) is 9.79. The fourth-order valence-corrected chi connectivity index (χ4v) is 7.84. The largest absolute Gasteiger partial charge is 0.512 e. The van der Waals surface area contributed by atoms with Crippen molar-refractivity contribution in [3.05, 3.63) is 101 Å². The third kappa shape index (κ3) is 6.49. The molecule has 8 rings (SSSR count). The minimum absolute atomic E-state index is 0. The summed E-state index contributed by atoms with van der Waals surface area (Å²) in [4.78, 5) is 16.9. The summed E-state index contributed by atoms with van der Waals surface area (Å²) in [6.45, 7) is 0. The van der Waals surface area contributed by atoms with E-state index in [0.29, 0.717) is 5.76 Å². The molecule has 4 heteroatoms. The molecule has 4 aliphatic carbocycles. The van der Waals surface area contributed by atoms with Crippen LogP contribution in [0.5, 0.6) is 0 Å². The molecular formula is C40H42IrNO2-. The molecule has 229 valence electrons. The van der Waals surface area contributed by atoms with E-state index in [4.69, 9.17) is 4.98 Å². The van der Waals surface area contributed by atoms with E-state index < -0.39 is 0 Å². The molecule has 4 aromatic rings. The zero-order chi connectivity index (χ0) is 29.2. The van der Waals surface area contributed by atoms with Crippen LogP contribution < -0.4 is 0 Å². The van der Waals surface area contributed by atoms with Gasteiger partial charge in [0.1, 0.15) is 0 Å². The number of aromatic nitrogens is 1. The van der Waals surface area contributed by atoms with Crippen LogP contribution in [0, 0.1) is 17.9 Å². The number of carbonyl (C=O) groups is 1. The smallest absolute Gasteiger partial charge is 0.162 e. The Morgan fingerprint density at radius 2 is 1.39 bits per heavy atom. The van der Waals surface area contributed by atoms with Gasteiger partial charge in [-0.25, -0.2) is 0 Å². The Bertz CT molecular complexity index is 1630. The topological polar surface area (TPSA) is 50.2 Å². The van der Waals surface area contributed by atoms with Gasteiger partial charge in [-0.05, 0) is 79.6 Å². The number of carbonyl (C=O) groups excluding carboxylic acids is 1. The molecule has 4 aliphatic rings. The van der Waals surface area contributed by atoms with E-state index in [1.54, 1.807) is 6.08 Å². The van der Waals surface area contributed by atoms with Gasteiger partial charge in [0.05, 0.1) is 11.3 Å². The second-order valence-electron chi connectivity index (χ2n) is 13.0. The van der Waals surface area contributed by atoms with Crippen molar-refractivity contribution in [1.82, 2.24) is 4.98 Å². The molecule has 0 amide bonds. The van der Waals surface area contributed by atoms with E-state index in [0.717, 1.165) is 68.1 Å². The van der Waals surface area contributed by atoms with Crippen LogP contribution in [0.3, 0.4) is 0 Å². The van der Waals surface area contributed by atoms with Crippen molar-refractivity contribution in [3.8, 4) is 22.4 Å². The van der Waals surface area contributed by atoms with E-state index >= 15 is 0 Å². The summed E-state index contributed by atoms with van der Waals surface area (Å²) in [5.74, 6) is 0.985. The second kappa shape index (κ2) is 13.9. The number of hydrogen-bond donors (Lipinski definition) is 1. The van der Waals surface area contributed by atoms with Gasteiger partial charge in [0.25, 0.3) is 0 Å². The van der Waals surface area contributed by atoms with Crippen molar-refractivity contribution < 1.29 is 30.0 Å². The van der Waals surface area contributed by atoms with Gasteiger partial charge in [0.15, 0.2) is 5.78 Å². The number of aliphatic hydroxyl groups is 1. The Balaban J connectivity index is 0.000000167. The van der Waals surface area contributed by atoms with Gasteiger partial charge >= 0.3 is 0 Å². The van der Waals surface area contributed by atoms with E-state index in [9.17, 15) is 9.90 Å². The van der Waals surface area contributed by atoms with E-state index in [1.165, 1.54) is 77.3 Å². The Morgan fingerprint density at radius 3 is 2.14 bits per heavy atom. The fraction of sp³-hybridized carbons (Fsp3) is 0.400. The number of pyridine rings is 1. The molecule has 0 atom stereocenters. The van der Waals surface area contributed by atoms with Crippen LogP contribution in [0.4, 0.5) is 0 Å². The third-order valence-electron chi connectivity index (χ3n) is 10.2. The van der Waals surface area contributed by atoms with Crippen molar-refractivity contribution in [2.45, 2.75) is 89.9 Å². The molecule has 1 radical (unpaired) electrons. The van der Waals surface area contributed by atoms with E-state index in [-0.39, 0.29) is 37.7 Å². The quantitative estimate of drug-likeness (QED) is 0.128. The van der Waals surface area contributed by atoms with Crippen molar-refractivity contribution in [1.29, 1.82) is 0 Å². The molecule has 44 heavy (non-hydrogen) atoms. The summed E-state index contributed by atoms with van der Waals surface area (Å²) in [7, 11) is 0. The fourth-order valence-electron chi connectivity index (χ4n) is 7.84. The van der Waals surface area contributed by atoms with Gasteiger partial charge in [-0.15, -0.1) is 28.8 Å². The number of para-hydroxylation sites is 1. The third-order valence-corrected chi connectivity index (χ3v) is 10.2. The van der Waals surface area contributed by atoms with Crippen molar-refractivity contribution in [2.24, 2.45) is 11.8 Å². The van der Waals surface area contributed by atoms with Crippen LogP contribution in [0.25, 0.3) is 33.3 Å². The minimum Gasteiger partial charge on any atom is -0.512 e. The molecule has 1 aromatic heterocycles. The first-order valence-electron chi connectivity index (χ1n) is 16.6. The first-order valence-corrected chi connectivity index (χ1v) is 16.6. The average Bonchev–Trinajstić information content (AvgIpc) is 3.08. The monoisotopic (exact) mass is 761 g/mol. The first-order chi connectivity index (χ1) is 21.1. The minimum atomic E-state index is 0. The van der Waals surface area contributed by atoms with Gasteiger partial charge in [-0.3, -0.25) is 9.78 Å². The van der Waals surface area contributed by atoms with Crippen LogP contribution in [-0.2, 0) is 50.6 Å².